The van der Waals surface area contributed by atoms with Gasteiger partial charge in [0.05, 0.1) is 12.1 Å². The van der Waals surface area contributed by atoms with E-state index in [2.05, 4.69) is 28.6 Å². The SMILES string of the molecule is Cc1ccnc2c1nc(C1CCCC1)n2Cc1ccc(-c2ccccc2C(=O)O)cc1. The van der Waals surface area contributed by atoms with E-state index in [0.29, 0.717) is 18.0 Å². The molecular formula is C26H25N3O2. The molecule has 1 N–H and O–H groups in total. The highest BCUT2D eigenvalue weighted by molar-refractivity contribution is 5.96. The lowest BCUT2D eigenvalue weighted by molar-refractivity contribution is 0.0697. The minimum atomic E-state index is -0.910. The zero-order valence-electron chi connectivity index (χ0n) is 17.6. The first-order valence-electron chi connectivity index (χ1n) is 10.8. The topological polar surface area (TPSA) is 68.0 Å². The lowest BCUT2D eigenvalue weighted by atomic mass is 9.98. The van der Waals surface area contributed by atoms with Crippen molar-refractivity contribution in [1.82, 2.24) is 14.5 Å². The largest absolute Gasteiger partial charge is 0.478 e. The van der Waals surface area contributed by atoms with Gasteiger partial charge in [-0.1, -0.05) is 55.3 Å². The van der Waals surface area contributed by atoms with Crippen molar-refractivity contribution in [2.75, 3.05) is 0 Å². The summed E-state index contributed by atoms with van der Waals surface area (Å²) in [4.78, 5) is 21.3. The van der Waals surface area contributed by atoms with Crippen LogP contribution in [0.2, 0.25) is 0 Å². The van der Waals surface area contributed by atoms with Gasteiger partial charge in [-0.2, -0.15) is 0 Å². The summed E-state index contributed by atoms with van der Waals surface area (Å²) in [6, 6.07) is 17.3. The van der Waals surface area contributed by atoms with Crippen LogP contribution >= 0.6 is 0 Å². The van der Waals surface area contributed by atoms with Crippen LogP contribution in [0.4, 0.5) is 0 Å². The second-order valence-electron chi connectivity index (χ2n) is 8.39. The van der Waals surface area contributed by atoms with Crippen molar-refractivity contribution in [2.24, 2.45) is 0 Å². The van der Waals surface area contributed by atoms with Crippen molar-refractivity contribution in [3.05, 3.63) is 83.3 Å². The maximum Gasteiger partial charge on any atom is 0.336 e. The van der Waals surface area contributed by atoms with Crippen molar-refractivity contribution in [3.63, 3.8) is 0 Å². The first-order valence-corrected chi connectivity index (χ1v) is 10.8. The zero-order valence-corrected chi connectivity index (χ0v) is 17.6. The zero-order chi connectivity index (χ0) is 21.4. The van der Waals surface area contributed by atoms with Gasteiger partial charge in [0, 0.05) is 12.1 Å². The molecule has 1 aliphatic carbocycles. The lowest BCUT2D eigenvalue weighted by Gasteiger charge is -2.14. The number of carbonyl (C=O) groups is 1. The number of nitrogens with zero attached hydrogens (tertiary/aromatic N) is 3. The molecule has 2 heterocycles. The molecule has 2 aromatic heterocycles. The number of imidazole rings is 1. The first-order chi connectivity index (χ1) is 15.1. The van der Waals surface area contributed by atoms with E-state index in [1.54, 1.807) is 12.1 Å². The average molecular weight is 412 g/mol. The van der Waals surface area contributed by atoms with Crippen LogP contribution in [0.25, 0.3) is 22.3 Å². The molecule has 5 heteroatoms. The monoisotopic (exact) mass is 411 g/mol. The summed E-state index contributed by atoms with van der Waals surface area (Å²) >= 11 is 0. The van der Waals surface area contributed by atoms with Crippen LogP contribution in [-0.4, -0.2) is 25.6 Å². The van der Waals surface area contributed by atoms with E-state index in [-0.39, 0.29) is 0 Å². The Bertz CT molecular complexity index is 1250. The third kappa shape index (κ3) is 3.61. The Morgan fingerprint density at radius 3 is 2.55 bits per heavy atom. The van der Waals surface area contributed by atoms with E-state index in [0.717, 1.165) is 39.2 Å². The van der Waals surface area contributed by atoms with Crippen LogP contribution in [0.3, 0.4) is 0 Å². The molecule has 1 fully saturated rings. The fourth-order valence-electron chi connectivity index (χ4n) is 4.70. The van der Waals surface area contributed by atoms with Gasteiger partial charge < -0.3 is 9.67 Å². The molecule has 0 amide bonds. The normalized spacial score (nSPS) is 14.4. The molecule has 4 aromatic rings. The number of aromatic carboxylic acids is 1. The Morgan fingerprint density at radius 2 is 1.81 bits per heavy atom. The molecule has 0 unspecified atom stereocenters. The van der Waals surface area contributed by atoms with Crippen molar-refractivity contribution >= 4 is 17.1 Å². The van der Waals surface area contributed by atoms with E-state index in [4.69, 9.17) is 4.98 Å². The molecule has 1 saturated carbocycles. The quantitative estimate of drug-likeness (QED) is 0.450. The molecule has 31 heavy (non-hydrogen) atoms. The summed E-state index contributed by atoms with van der Waals surface area (Å²) in [6.07, 6.45) is 6.76. The van der Waals surface area contributed by atoms with Crippen molar-refractivity contribution < 1.29 is 9.90 Å². The van der Waals surface area contributed by atoms with Crippen molar-refractivity contribution in [2.45, 2.75) is 45.1 Å². The Morgan fingerprint density at radius 1 is 1.06 bits per heavy atom. The average Bonchev–Trinajstić information content (AvgIpc) is 3.43. The molecule has 1 aliphatic rings. The molecule has 0 spiro atoms. The summed E-state index contributed by atoms with van der Waals surface area (Å²) < 4.78 is 2.28. The third-order valence-electron chi connectivity index (χ3n) is 6.35. The number of rotatable bonds is 5. The maximum atomic E-state index is 11.6. The van der Waals surface area contributed by atoms with Crippen LogP contribution in [0, 0.1) is 6.92 Å². The standard InChI is InChI=1S/C26H25N3O2/c1-17-14-15-27-25-23(17)28-24(20-6-2-3-7-20)29(25)16-18-10-12-19(13-11-18)21-8-4-5-9-22(21)26(30)31/h4-5,8-15,20H,2-3,6-7,16H2,1H3,(H,30,31). The Kier molecular flexibility index (Phi) is 5.02. The molecule has 0 saturated heterocycles. The molecule has 0 aliphatic heterocycles. The van der Waals surface area contributed by atoms with E-state index in [1.165, 1.54) is 25.7 Å². The number of aromatic nitrogens is 3. The summed E-state index contributed by atoms with van der Waals surface area (Å²) in [5, 5.41) is 9.49. The van der Waals surface area contributed by atoms with E-state index in [1.807, 2.05) is 36.5 Å². The number of carboxylic acid groups (broad SMARTS) is 1. The van der Waals surface area contributed by atoms with Crippen molar-refractivity contribution in [3.8, 4) is 11.1 Å². The highest BCUT2D eigenvalue weighted by atomic mass is 16.4. The Hall–Kier alpha value is -3.47. The van der Waals surface area contributed by atoms with Gasteiger partial charge in [0.15, 0.2) is 5.65 Å². The summed E-state index contributed by atoms with van der Waals surface area (Å²) in [5.74, 6) is 0.733. The molecule has 0 atom stereocenters. The summed E-state index contributed by atoms with van der Waals surface area (Å²) in [6.45, 7) is 2.80. The van der Waals surface area contributed by atoms with Crippen LogP contribution in [-0.2, 0) is 6.54 Å². The fraction of sp³-hybridized carbons (Fsp3) is 0.269. The number of aryl methyl sites for hydroxylation is 1. The van der Waals surface area contributed by atoms with Gasteiger partial charge in [0.25, 0.3) is 0 Å². The Labute approximate surface area is 181 Å². The number of pyridine rings is 1. The summed E-state index contributed by atoms with van der Waals surface area (Å²) in [7, 11) is 0. The third-order valence-corrected chi connectivity index (χ3v) is 6.35. The molecular weight excluding hydrogens is 386 g/mol. The lowest BCUT2D eigenvalue weighted by Crippen LogP contribution is -2.09. The molecule has 156 valence electrons. The molecule has 0 radical (unpaired) electrons. The number of hydrogen-bond donors (Lipinski definition) is 1. The number of fused-ring (bicyclic) bond motifs is 1. The van der Waals surface area contributed by atoms with Gasteiger partial charge in [-0.25, -0.2) is 14.8 Å². The number of hydrogen-bond acceptors (Lipinski definition) is 3. The Balaban J connectivity index is 1.51. The van der Waals surface area contributed by atoms with Gasteiger partial charge in [-0.05, 0) is 54.2 Å². The molecule has 0 bridgehead atoms. The van der Waals surface area contributed by atoms with Crippen molar-refractivity contribution in [1.29, 1.82) is 0 Å². The molecule has 5 rings (SSSR count). The van der Waals surface area contributed by atoms with Gasteiger partial charge in [0.2, 0.25) is 0 Å². The van der Waals surface area contributed by atoms with Crippen LogP contribution < -0.4 is 0 Å². The highest BCUT2D eigenvalue weighted by Gasteiger charge is 2.24. The van der Waals surface area contributed by atoms with E-state index < -0.39 is 5.97 Å². The maximum absolute atomic E-state index is 11.6. The van der Waals surface area contributed by atoms with Crippen LogP contribution in [0.5, 0.6) is 0 Å². The predicted octanol–water partition coefficient (Wildman–Crippen LogP) is 5.81. The van der Waals surface area contributed by atoms with E-state index >= 15 is 0 Å². The van der Waals surface area contributed by atoms with Gasteiger partial charge >= 0.3 is 5.97 Å². The van der Waals surface area contributed by atoms with Gasteiger partial charge in [-0.15, -0.1) is 0 Å². The van der Waals surface area contributed by atoms with Crippen LogP contribution in [0.1, 0.15) is 58.9 Å². The predicted molar refractivity (Wildman–Crippen MR) is 121 cm³/mol. The number of benzene rings is 2. The minimum absolute atomic E-state index is 0.319. The fourth-order valence-corrected chi connectivity index (χ4v) is 4.70. The molecule has 2 aromatic carbocycles. The smallest absolute Gasteiger partial charge is 0.336 e. The van der Waals surface area contributed by atoms with E-state index in [9.17, 15) is 9.90 Å². The highest BCUT2D eigenvalue weighted by Crippen LogP contribution is 2.35. The second kappa shape index (κ2) is 7.99. The second-order valence-corrected chi connectivity index (χ2v) is 8.39. The minimum Gasteiger partial charge on any atom is -0.478 e. The van der Waals surface area contributed by atoms with Gasteiger partial charge in [0.1, 0.15) is 11.3 Å². The molecule has 5 nitrogen and oxygen atoms in total. The summed E-state index contributed by atoms with van der Waals surface area (Å²) in [5.41, 5.74) is 6.21. The van der Waals surface area contributed by atoms with Crippen LogP contribution in [0.15, 0.2) is 60.8 Å². The number of carboxylic acids is 1. The first kappa shape index (κ1) is 19.5. The van der Waals surface area contributed by atoms with Gasteiger partial charge in [-0.3, -0.25) is 0 Å².